The number of halogens is 1. The highest BCUT2D eigenvalue weighted by Crippen LogP contribution is 2.25. The van der Waals surface area contributed by atoms with Gasteiger partial charge in [0.25, 0.3) is 5.22 Å². The molecule has 130 valence electrons. The zero-order valence-corrected chi connectivity index (χ0v) is 15.0. The van der Waals surface area contributed by atoms with E-state index in [1.807, 2.05) is 0 Å². The lowest BCUT2D eigenvalue weighted by Crippen LogP contribution is -2.16. The second kappa shape index (κ2) is 7.04. The molecular formula is C15H12ClN3O4S2. The number of aromatic nitrogens is 1. The van der Waals surface area contributed by atoms with Crippen molar-refractivity contribution < 1.29 is 17.6 Å². The van der Waals surface area contributed by atoms with Crippen LogP contribution in [0.5, 0.6) is 0 Å². The van der Waals surface area contributed by atoms with Crippen molar-refractivity contribution in [2.45, 2.75) is 10.1 Å². The third-order valence-electron chi connectivity index (χ3n) is 3.10. The van der Waals surface area contributed by atoms with Crippen LogP contribution in [-0.4, -0.2) is 25.1 Å². The lowest BCUT2D eigenvalue weighted by molar-refractivity contribution is -0.113. The number of hydrogen-bond donors (Lipinski definition) is 2. The van der Waals surface area contributed by atoms with Crippen molar-refractivity contribution in [1.29, 1.82) is 0 Å². The number of nitrogens with zero attached hydrogens (tertiary/aromatic N) is 1. The van der Waals surface area contributed by atoms with Crippen molar-refractivity contribution in [3.8, 4) is 0 Å². The summed E-state index contributed by atoms with van der Waals surface area (Å²) in [6, 6.07) is 10.8. The van der Waals surface area contributed by atoms with Gasteiger partial charge in [0.1, 0.15) is 5.52 Å². The minimum atomic E-state index is -3.83. The minimum Gasteiger partial charge on any atom is -0.431 e. The Hall–Kier alpha value is -2.07. The van der Waals surface area contributed by atoms with Gasteiger partial charge in [-0.1, -0.05) is 29.4 Å². The molecule has 3 rings (SSSR count). The van der Waals surface area contributed by atoms with Crippen molar-refractivity contribution in [2.75, 3.05) is 11.1 Å². The summed E-state index contributed by atoms with van der Waals surface area (Å²) in [5.41, 5.74) is 1.52. The number of amides is 1. The van der Waals surface area contributed by atoms with Crippen LogP contribution in [0.15, 0.2) is 57.0 Å². The number of carbonyl (C=O) groups excluding carboxylic acids is 1. The van der Waals surface area contributed by atoms with Gasteiger partial charge in [-0.15, -0.1) is 0 Å². The number of hydrogen-bond acceptors (Lipinski definition) is 6. The topological polar surface area (TPSA) is 115 Å². The maximum Gasteiger partial charge on any atom is 0.257 e. The Morgan fingerprint density at radius 2 is 2.08 bits per heavy atom. The predicted octanol–water partition coefficient (Wildman–Crippen LogP) is 2.86. The first-order valence-electron chi connectivity index (χ1n) is 6.93. The molecule has 10 heteroatoms. The second-order valence-corrected chi connectivity index (χ2v) is 7.93. The van der Waals surface area contributed by atoms with Crippen molar-refractivity contribution in [2.24, 2.45) is 5.14 Å². The molecule has 0 saturated carbocycles. The molecule has 0 unspecified atom stereocenters. The van der Waals surface area contributed by atoms with Crippen LogP contribution in [0.4, 0.5) is 5.69 Å². The molecule has 0 aliphatic carbocycles. The summed E-state index contributed by atoms with van der Waals surface area (Å²) in [4.78, 5) is 16.2. The summed E-state index contributed by atoms with van der Waals surface area (Å²) in [6.45, 7) is 0. The first-order chi connectivity index (χ1) is 11.8. The van der Waals surface area contributed by atoms with E-state index in [9.17, 15) is 13.2 Å². The first-order valence-corrected chi connectivity index (χ1v) is 9.84. The highest BCUT2D eigenvalue weighted by molar-refractivity contribution is 7.99. The van der Waals surface area contributed by atoms with Crippen LogP contribution in [0, 0.1) is 0 Å². The van der Waals surface area contributed by atoms with Crippen LogP contribution in [0.2, 0.25) is 5.02 Å². The molecule has 1 aromatic heterocycles. The van der Waals surface area contributed by atoms with Crippen LogP contribution < -0.4 is 10.5 Å². The van der Waals surface area contributed by atoms with Crippen molar-refractivity contribution in [3.05, 3.63) is 47.5 Å². The molecule has 0 aliphatic heterocycles. The lowest BCUT2D eigenvalue weighted by Gasteiger charge is -2.05. The number of sulfonamides is 1. The maximum absolute atomic E-state index is 12.0. The van der Waals surface area contributed by atoms with Crippen LogP contribution in [0.1, 0.15) is 0 Å². The summed E-state index contributed by atoms with van der Waals surface area (Å²) in [7, 11) is -3.83. The summed E-state index contributed by atoms with van der Waals surface area (Å²) < 4.78 is 28.1. The molecule has 0 spiro atoms. The maximum atomic E-state index is 12.0. The Morgan fingerprint density at radius 1 is 1.28 bits per heavy atom. The fourth-order valence-electron chi connectivity index (χ4n) is 2.02. The highest BCUT2D eigenvalue weighted by atomic mass is 35.5. The Kier molecular flexibility index (Phi) is 5.00. The van der Waals surface area contributed by atoms with E-state index in [1.54, 1.807) is 24.3 Å². The normalized spacial score (nSPS) is 11.6. The molecule has 7 nitrogen and oxygen atoms in total. The largest absolute Gasteiger partial charge is 0.431 e. The van der Waals surface area contributed by atoms with E-state index in [1.165, 1.54) is 18.2 Å². The van der Waals surface area contributed by atoms with Gasteiger partial charge in [-0.25, -0.2) is 18.5 Å². The Labute approximate surface area is 152 Å². The van der Waals surface area contributed by atoms with Gasteiger partial charge in [0.15, 0.2) is 5.58 Å². The fourth-order valence-corrected chi connectivity index (χ4v) is 3.38. The molecular weight excluding hydrogens is 386 g/mol. The van der Waals surface area contributed by atoms with Crippen LogP contribution in [0.25, 0.3) is 11.1 Å². The van der Waals surface area contributed by atoms with Crippen molar-refractivity contribution in [3.63, 3.8) is 0 Å². The summed E-state index contributed by atoms with van der Waals surface area (Å²) >= 11 is 7.00. The smallest absolute Gasteiger partial charge is 0.257 e. The number of carbonyl (C=O) groups is 1. The van der Waals surface area contributed by atoms with Gasteiger partial charge in [-0.3, -0.25) is 4.79 Å². The molecule has 3 N–H and O–H groups in total. The fraction of sp³-hybridized carbons (Fsp3) is 0.0667. The average molecular weight is 398 g/mol. The SMILES string of the molecule is NS(=O)(=O)c1cccc(NC(=O)CSc2nc3cc(Cl)ccc3o2)c1. The van der Waals surface area contributed by atoms with Gasteiger partial charge >= 0.3 is 0 Å². The molecule has 1 heterocycles. The predicted molar refractivity (Wildman–Crippen MR) is 96.2 cm³/mol. The van der Waals surface area contributed by atoms with Crippen LogP contribution >= 0.6 is 23.4 Å². The number of primary sulfonamides is 1. The van der Waals surface area contributed by atoms with Gasteiger partial charge in [0, 0.05) is 10.7 Å². The van der Waals surface area contributed by atoms with Crippen molar-refractivity contribution in [1.82, 2.24) is 4.98 Å². The molecule has 25 heavy (non-hydrogen) atoms. The van der Waals surface area contributed by atoms with E-state index in [4.69, 9.17) is 21.2 Å². The zero-order chi connectivity index (χ0) is 18.0. The van der Waals surface area contributed by atoms with E-state index in [2.05, 4.69) is 10.3 Å². The molecule has 0 radical (unpaired) electrons. The monoisotopic (exact) mass is 397 g/mol. The summed E-state index contributed by atoms with van der Waals surface area (Å²) in [6.07, 6.45) is 0. The van der Waals surface area contributed by atoms with Crippen LogP contribution in [0.3, 0.4) is 0 Å². The molecule has 1 amide bonds. The van der Waals surface area contributed by atoms with Crippen molar-refractivity contribution >= 4 is 56.1 Å². The Morgan fingerprint density at radius 3 is 2.84 bits per heavy atom. The van der Waals surface area contributed by atoms with E-state index in [0.29, 0.717) is 27.0 Å². The molecule has 0 atom stereocenters. The number of nitrogens with one attached hydrogen (secondary N) is 1. The average Bonchev–Trinajstić information content (AvgIpc) is 2.94. The second-order valence-electron chi connectivity index (χ2n) is 5.00. The molecule has 0 fully saturated rings. The van der Waals surface area contributed by atoms with Crippen LogP contribution in [-0.2, 0) is 14.8 Å². The quantitative estimate of drug-likeness (QED) is 0.639. The molecule has 3 aromatic rings. The molecule has 0 aliphatic rings. The molecule has 0 bridgehead atoms. The number of thioether (sulfide) groups is 1. The first kappa shape index (κ1) is 17.7. The lowest BCUT2D eigenvalue weighted by atomic mass is 10.3. The highest BCUT2D eigenvalue weighted by Gasteiger charge is 2.12. The van der Waals surface area contributed by atoms with Gasteiger partial charge in [0.05, 0.1) is 10.6 Å². The molecule has 2 aromatic carbocycles. The van der Waals surface area contributed by atoms with E-state index in [-0.39, 0.29) is 16.6 Å². The summed E-state index contributed by atoms with van der Waals surface area (Å²) in [5.74, 6) is -0.294. The zero-order valence-electron chi connectivity index (χ0n) is 12.6. The van der Waals surface area contributed by atoms with E-state index >= 15 is 0 Å². The standard InChI is InChI=1S/C15H12ClN3O4S2/c16-9-4-5-13-12(6-9)19-15(23-13)24-8-14(20)18-10-2-1-3-11(7-10)25(17,21)22/h1-7H,8H2,(H,18,20)(H2,17,21,22). The Bertz CT molecular complexity index is 1050. The number of fused-ring (bicyclic) bond motifs is 1. The molecule has 0 saturated heterocycles. The number of nitrogens with two attached hydrogens (primary N) is 1. The number of rotatable bonds is 5. The van der Waals surface area contributed by atoms with Gasteiger partial charge < -0.3 is 9.73 Å². The summed E-state index contributed by atoms with van der Waals surface area (Å²) in [5, 5.41) is 8.55. The van der Waals surface area contributed by atoms with E-state index in [0.717, 1.165) is 11.8 Å². The van der Waals surface area contributed by atoms with Gasteiger partial charge in [0.2, 0.25) is 15.9 Å². The third-order valence-corrected chi connectivity index (χ3v) is 5.08. The minimum absolute atomic E-state index is 0.0418. The van der Waals surface area contributed by atoms with Gasteiger partial charge in [-0.2, -0.15) is 0 Å². The number of anilines is 1. The number of benzene rings is 2. The van der Waals surface area contributed by atoms with Gasteiger partial charge in [-0.05, 0) is 36.4 Å². The Balaban J connectivity index is 1.64. The van der Waals surface area contributed by atoms with E-state index < -0.39 is 10.0 Å². The number of oxazole rings is 1. The third kappa shape index (κ3) is 4.51.